The van der Waals surface area contributed by atoms with E-state index in [0.717, 1.165) is 15.6 Å². The van der Waals surface area contributed by atoms with Gasteiger partial charge in [0.15, 0.2) is 0 Å². The largest absolute Gasteiger partial charge is 0.331 e. The van der Waals surface area contributed by atoms with Gasteiger partial charge >= 0.3 is 6.03 Å². The van der Waals surface area contributed by atoms with Crippen LogP contribution in [0.3, 0.4) is 0 Å². The highest BCUT2D eigenvalue weighted by atomic mass is 79.9. The van der Waals surface area contributed by atoms with Gasteiger partial charge in [0.2, 0.25) is 0 Å². The number of carbonyl (C=O) groups excluding carboxylic acids is 1. The molecule has 1 aromatic heterocycles. The maximum atomic E-state index is 12.2. The molecule has 2 aromatic rings. The van der Waals surface area contributed by atoms with E-state index in [0.29, 0.717) is 6.54 Å². The second kappa shape index (κ2) is 7.22. The molecule has 21 heavy (non-hydrogen) atoms. The fraction of sp³-hybridized carbons (Fsp3) is 0.250. The van der Waals surface area contributed by atoms with Gasteiger partial charge in [-0.25, -0.2) is 4.79 Å². The van der Waals surface area contributed by atoms with Gasteiger partial charge < -0.3 is 10.2 Å². The molecule has 0 fully saturated rings. The number of rotatable bonds is 4. The quantitative estimate of drug-likeness (QED) is 0.915. The van der Waals surface area contributed by atoms with Crippen LogP contribution in [0, 0.1) is 0 Å². The summed E-state index contributed by atoms with van der Waals surface area (Å²) in [6.07, 6.45) is 3.45. The standard InChI is InChI=1S/C16H18BrN3O/c1-12(14-7-9-18-10-8-14)19-16(21)20(2)11-13-3-5-15(17)6-4-13/h3-10,12H,11H2,1-2H3,(H,19,21). The lowest BCUT2D eigenvalue weighted by molar-refractivity contribution is 0.203. The van der Waals surface area contributed by atoms with Crippen LogP contribution in [0.1, 0.15) is 24.1 Å². The van der Waals surface area contributed by atoms with E-state index in [1.165, 1.54) is 0 Å². The monoisotopic (exact) mass is 347 g/mol. The molecule has 0 saturated heterocycles. The summed E-state index contributed by atoms with van der Waals surface area (Å²) in [5.74, 6) is 0. The third-order valence-electron chi connectivity index (χ3n) is 3.23. The number of urea groups is 1. The molecule has 5 heteroatoms. The van der Waals surface area contributed by atoms with E-state index in [2.05, 4.69) is 26.2 Å². The van der Waals surface area contributed by atoms with Gasteiger partial charge in [0.1, 0.15) is 0 Å². The Labute approximate surface area is 133 Å². The molecule has 1 heterocycles. The van der Waals surface area contributed by atoms with Crippen LogP contribution >= 0.6 is 15.9 Å². The summed E-state index contributed by atoms with van der Waals surface area (Å²) in [7, 11) is 1.79. The van der Waals surface area contributed by atoms with Crippen molar-refractivity contribution in [3.8, 4) is 0 Å². The molecule has 0 radical (unpaired) electrons. The van der Waals surface area contributed by atoms with E-state index in [1.54, 1.807) is 24.3 Å². The van der Waals surface area contributed by atoms with Gasteiger partial charge in [-0.2, -0.15) is 0 Å². The first kappa shape index (κ1) is 15.5. The maximum absolute atomic E-state index is 12.2. The van der Waals surface area contributed by atoms with Gasteiger partial charge in [-0.05, 0) is 42.3 Å². The molecule has 2 amide bonds. The fourth-order valence-electron chi connectivity index (χ4n) is 1.97. The number of nitrogens with one attached hydrogen (secondary N) is 1. The molecule has 4 nitrogen and oxygen atoms in total. The van der Waals surface area contributed by atoms with E-state index in [1.807, 2.05) is 43.3 Å². The van der Waals surface area contributed by atoms with E-state index in [-0.39, 0.29) is 12.1 Å². The summed E-state index contributed by atoms with van der Waals surface area (Å²) in [5.41, 5.74) is 2.13. The number of carbonyl (C=O) groups is 1. The van der Waals surface area contributed by atoms with Crippen molar-refractivity contribution in [3.63, 3.8) is 0 Å². The fourth-order valence-corrected chi connectivity index (χ4v) is 2.23. The molecular weight excluding hydrogens is 330 g/mol. The molecule has 0 aliphatic heterocycles. The number of halogens is 1. The third kappa shape index (κ3) is 4.56. The van der Waals surface area contributed by atoms with Crippen LogP contribution in [0.15, 0.2) is 53.3 Å². The molecule has 1 aromatic carbocycles. The highest BCUT2D eigenvalue weighted by Crippen LogP contribution is 2.13. The van der Waals surface area contributed by atoms with Gasteiger partial charge in [-0.15, -0.1) is 0 Å². The molecule has 0 saturated carbocycles. The molecular formula is C16H18BrN3O. The Morgan fingerprint density at radius 1 is 1.24 bits per heavy atom. The van der Waals surface area contributed by atoms with Crippen LogP contribution in [-0.2, 0) is 6.54 Å². The SMILES string of the molecule is CC(NC(=O)N(C)Cc1ccc(Br)cc1)c1ccncc1. The summed E-state index contributed by atoms with van der Waals surface area (Å²) in [4.78, 5) is 17.8. The van der Waals surface area contributed by atoms with Gasteiger partial charge in [-0.3, -0.25) is 4.98 Å². The summed E-state index contributed by atoms with van der Waals surface area (Å²) in [6.45, 7) is 2.53. The lowest BCUT2D eigenvalue weighted by Crippen LogP contribution is -2.38. The van der Waals surface area contributed by atoms with Gasteiger partial charge in [0.05, 0.1) is 6.04 Å². The number of hydrogen-bond donors (Lipinski definition) is 1. The number of nitrogens with zero attached hydrogens (tertiary/aromatic N) is 2. The van der Waals surface area contributed by atoms with Crippen LogP contribution in [0.5, 0.6) is 0 Å². The number of hydrogen-bond acceptors (Lipinski definition) is 2. The smallest absolute Gasteiger partial charge is 0.317 e. The lowest BCUT2D eigenvalue weighted by Gasteiger charge is -2.21. The highest BCUT2D eigenvalue weighted by molar-refractivity contribution is 9.10. The number of benzene rings is 1. The zero-order valence-electron chi connectivity index (χ0n) is 12.1. The Hall–Kier alpha value is -1.88. The van der Waals surface area contributed by atoms with Crippen LogP contribution in [0.2, 0.25) is 0 Å². The minimum absolute atomic E-state index is 0.0483. The predicted octanol–water partition coefficient (Wildman–Crippen LogP) is 3.75. The second-order valence-electron chi connectivity index (χ2n) is 4.93. The summed E-state index contributed by atoms with van der Waals surface area (Å²) >= 11 is 3.40. The Bertz CT molecular complexity index is 586. The molecule has 110 valence electrons. The van der Waals surface area contributed by atoms with Crippen LogP contribution in [0.4, 0.5) is 4.79 Å². The first-order chi connectivity index (χ1) is 10.1. The molecule has 0 bridgehead atoms. The molecule has 2 rings (SSSR count). The first-order valence-corrected chi connectivity index (χ1v) is 7.51. The number of aromatic nitrogens is 1. The number of amides is 2. The first-order valence-electron chi connectivity index (χ1n) is 6.72. The molecule has 1 unspecified atom stereocenters. The Balaban J connectivity index is 1.92. The summed E-state index contributed by atoms with van der Waals surface area (Å²) < 4.78 is 1.03. The zero-order chi connectivity index (χ0) is 15.2. The van der Waals surface area contributed by atoms with Crippen molar-refractivity contribution in [2.45, 2.75) is 19.5 Å². The molecule has 1 atom stereocenters. The second-order valence-corrected chi connectivity index (χ2v) is 5.85. The van der Waals surface area contributed by atoms with Crippen LogP contribution < -0.4 is 5.32 Å². The Kier molecular flexibility index (Phi) is 5.33. The zero-order valence-corrected chi connectivity index (χ0v) is 13.7. The van der Waals surface area contributed by atoms with Gasteiger partial charge in [0, 0.05) is 30.5 Å². The van der Waals surface area contributed by atoms with Gasteiger partial charge in [-0.1, -0.05) is 28.1 Å². The average molecular weight is 348 g/mol. The molecule has 0 aliphatic carbocycles. The minimum atomic E-state index is -0.0952. The van der Waals surface area contributed by atoms with Crippen molar-refractivity contribution in [3.05, 3.63) is 64.4 Å². The lowest BCUT2D eigenvalue weighted by atomic mass is 10.1. The number of pyridine rings is 1. The minimum Gasteiger partial charge on any atom is -0.331 e. The van der Waals surface area contributed by atoms with E-state index in [4.69, 9.17) is 0 Å². The molecule has 1 N–H and O–H groups in total. The summed E-state index contributed by atoms with van der Waals surface area (Å²) in [5, 5.41) is 2.98. The van der Waals surface area contributed by atoms with Crippen molar-refractivity contribution in [1.82, 2.24) is 15.2 Å². The van der Waals surface area contributed by atoms with Crippen molar-refractivity contribution in [1.29, 1.82) is 0 Å². The van der Waals surface area contributed by atoms with Crippen molar-refractivity contribution < 1.29 is 4.79 Å². The molecule has 0 aliphatic rings. The van der Waals surface area contributed by atoms with E-state index >= 15 is 0 Å². The maximum Gasteiger partial charge on any atom is 0.317 e. The van der Waals surface area contributed by atoms with E-state index in [9.17, 15) is 4.79 Å². The highest BCUT2D eigenvalue weighted by Gasteiger charge is 2.13. The average Bonchev–Trinajstić information content (AvgIpc) is 2.50. The van der Waals surface area contributed by atoms with Crippen molar-refractivity contribution in [2.75, 3.05) is 7.05 Å². The summed E-state index contributed by atoms with van der Waals surface area (Å²) in [6, 6.07) is 11.6. The van der Waals surface area contributed by atoms with Crippen LogP contribution in [-0.4, -0.2) is 23.0 Å². The van der Waals surface area contributed by atoms with E-state index < -0.39 is 0 Å². The topological polar surface area (TPSA) is 45.2 Å². The van der Waals surface area contributed by atoms with Crippen molar-refractivity contribution >= 4 is 22.0 Å². The Morgan fingerprint density at radius 3 is 2.48 bits per heavy atom. The van der Waals surface area contributed by atoms with Gasteiger partial charge in [0.25, 0.3) is 0 Å². The third-order valence-corrected chi connectivity index (χ3v) is 3.75. The van der Waals surface area contributed by atoms with Crippen LogP contribution in [0.25, 0.3) is 0 Å². The van der Waals surface area contributed by atoms with Crippen molar-refractivity contribution in [2.24, 2.45) is 0 Å². The normalized spacial score (nSPS) is 11.8. The Morgan fingerprint density at radius 2 is 1.86 bits per heavy atom. The predicted molar refractivity (Wildman–Crippen MR) is 86.8 cm³/mol. The molecule has 0 spiro atoms.